The van der Waals surface area contributed by atoms with E-state index in [1.807, 2.05) is 0 Å². The van der Waals surface area contributed by atoms with Crippen molar-refractivity contribution < 1.29 is 37.9 Å². The Labute approximate surface area is 183 Å². The second kappa shape index (κ2) is 9.46. The zero-order valence-corrected chi connectivity index (χ0v) is 17.9. The number of imide groups is 1. The van der Waals surface area contributed by atoms with Gasteiger partial charge in [-0.2, -0.15) is 0 Å². The summed E-state index contributed by atoms with van der Waals surface area (Å²) in [7, 11) is 0. The Morgan fingerprint density at radius 3 is 2.00 bits per heavy atom. The molecule has 3 rings (SSSR count). The fourth-order valence-corrected chi connectivity index (χ4v) is 3.32. The van der Waals surface area contributed by atoms with E-state index < -0.39 is 29.7 Å². The Morgan fingerprint density at radius 1 is 0.938 bits per heavy atom. The lowest BCUT2D eigenvalue weighted by Crippen LogP contribution is -2.33. The van der Waals surface area contributed by atoms with Gasteiger partial charge < -0.3 is 13.9 Å². The highest BCUT2D eigenvalue weighted by Gasteiger charge is 2.35. The highest BCUT2D eigenvalue weighted by atomic mass is 16.5. The molecular formula is C22H22N2O8. The summed E-state index contributed by atoms with van der Waals surface area (Å²) < 4.78 is 15.4. The lowest BCUT2D eigenvalue weighted by atomic mass is 10.1. The molecule has 3 amide bonds. The van der Waals surface area contributed by atoms with Crippen LogP contribution in [0.4, 0.5) is 5.88 Å². The number of anilines is 1. The van der Waals surface area contributed by atoms with Crippen LogP contribution in [0.2, 0.25) is 0 Å². The highest BCUT2D eigenvalue weighted by molar-refractivity contribution is 6.21. The van der Waals surface area contributed by atoms with Crippen LogP contribution in [-0.4, -0.2) is 54.3 Å². The maximum absolute atomic E-state index is 12.5. The van der Waals surface area contributed by atoms with Crippen molar-refractivity contribution in [3.05, 3.63) is 52.3 Å². The monoisotopic (exact) mass is 442 g/mol. The zero-order valence-electron chi connectivity index (χ0n) is 17.9. The molecule has 168 valence electrons. The van der Waals surface area contributed by atoms with Crippen molar-refractivity contribution in [1.82, 2.24) is 4.90 Å². The molecule has 0 spiro atoms. The van der Waals surface area contributed by atoms with Gasteiger partial charge >= 0.3 is 11.9 Å². The van der Waals surface area contributed by atoms with Gasteiger partial charge in [0, 0.05) is 13.0 Å². The number of ether oxygens (including phenoxy) is 2. The third-order valence-electron chi connectivity index (χ3n) is 4.74. The molecule has 0 bridgehead atoms. The van der Waals surface area contributed by atoms with E-state index >= 15 is 0 Å². The van der Waals surface area contributed by atoms with Gasteiger partial charge in [-0.1, -0.05) is 12.1 Å². The van der Waals surface area contributed by atoms with E-state index in [1.165, 1.54) is 6.92 Å². The van der Waals surface area contributed by atoms with Crippen molar-refractivity contribution in [1.29, 1.82) is 0 Å². The molecule has 0 atom stereocenters. The van der Waals surface area contributed by atoms with Crippen molar-refractivity contribution in [2.45, 2.75) is 27.2 Å². The summed E-state index contributed by atoms with van der Waals surface area (Å²) in [5, 5.41) is 2.42. The summed E-state index contributed by atoms with van der Waals surface area (Å²) in [5.41, 5.74) is 0.171. The van der Waals surface area contributed by atoms with E-state index in [-0.39, 0.29) is 60.1 Å². The van der Waals surface area contributed by atoms with Crippen molar-refractivity contribution in [3.8, 4) is 0 Å². The Bertz CT molecular complexity index is 1070. The Balaban J connectivity index is 1.76. The van der Waals surface area contributed by atoms with Crippen molar-refractivity contribution in [2.24, 2.45) is 0 Å². The number of amides is 3. The molecule has 2 aromatic rings. The second-order valence-electron chi connectivity index (χ2n) is 6.78. The average molecular weight is 442 g/mol. The molecule has 32 heavy (non-hydrogen) atoms. The van der Waals surface area contributed by atoms with Crippen LogP contribution >= 0.6 is 0 Å². The van der Waals surface area contributed by atoms with Crippen LogP contribution in [0.25, 0.3) is 0 Å². The molecule has 2 heterocycles. The zero-order chi connectivity index (χ0) is 23.4. The lowest BCUT2D eigenvalue weighted by Gasteiger charge is -2.13. The number of hydrogen-bond acceptors (Lipinski definition) is 8. The van der Waals surface area contributed by atoms with Crippen LogP contribution in [0.1, 0.15) is 67.5 Å². The smallest absolute Gasteiger partial charge is 0.344 e. The number of hydrogen-bond donors (Lipinski definition) is 1. The number of nitrogens with zero attached hydrogens (tertiary/aromatic N) is 1. The van der Waals surface area contributed by atoms with Crippen LogP contribution < -0.4 is 5.32 Å². The molecule has 1 aromatic carbocycles. The predicted molar refractivity (Wildman–Crippen MR) is 110 cm³/mol. The van der Waals surface area contributed by atoms with Crippen molar-refractivity contribution in [2.75, 3.05) is 25.1 Å². The van der Waals surface area contributed by atoms with Gasteiger partial charge in [0.25, 0.3) is 11.8 Å². The van der Waals surface area contributed by atoms with E-state index in [1.54, 1.807) is 38.1 Å². The van der Waals surface area contributed by atoms with Gasteiger partial charge in [-0.3, -0.25) is 24.6 Å². The lowest BCUT2D eigenvalue weighted by molar-refractivity contribution is -0.116. The highest BCUT2D eigenvalue weighted by Crippen LogP contribution is 2.29. The molecule has 0 radical (unpaired) electrons. The largest absolute Gasteiger partial charge is 0.462 e. The van der Waals surface area contributed by atoms with Gasteiger partial charge in [-0.25, -0.2) is 9.59 Å². The van der Waals surface area contributed by atoms with Crippen LogP contribution in [0.15, 0.2) is 28.7 Å². The average Bonchev–Trinajstić information content (AvgIpc) is 3.21. The van der Waals surface area contributed by atoms with Gasteiger partial charge in [-0.15, -0.1) is 0 Å². The maximum Gasteiger partial charge on any atom is 0.344 e. The van der Waals surface area contributed by atoms with Crippen LogP contribution in [-0.2, 0) is 14.3 Å². The number of nitrogens with one attached hydrogen (secondary N) is 1. The van der Waals surface area contributed by atoms with Gasteiger partial charge in [0.15, 0.2) is 0 Å². The summed E-state index contributed by atoms with van der Waals surface area (Å²) in [6, 6.07) is 6.39. The standard InChI is InChI=1S/C22H22N2O8/c1-4-30-21(28)16-12(3)32-18(17(16)22(29)31-5-2)23-15(25)10-11-24-19(26)13-8-6-7-9-14(13)20(24)27/h6-9H,4-5,10-11H2,1-3H3,(H,23,25). The van der Waals surface area contributed by atoms with Crippen molar-refractivity contribution in [3.63, 3.8) is 0 Å². The van der Waals surface area contributed by atoms with Crippen LogP contribution in [0.5, 0.6) is 0 Å². The van der Waals surface area contributed by atoms with Gasteiger partial charge in [0.1, 0.15) is 16.9 Å². The summed E-state index contributed by atoms with van der Waals surface area (Å²) in [4.78, 5) is 63.1. The molecule has 1 N–H and O–H groups in total. The van der Waals surface area contributed by atoms with E-state index in [0.29, 0.717) is 0 Å². The third-order valence-corrected chi connectivity index (χ3v) is 4.74. The number of aryl methyl sites for hydroxylation is 1. The van der Waals surface area contributed by atoms with Crippen LogP contribution in [0.3, 0.4) is 0 Å². The summed E-state index contributed by atoms with van der Waals surface area (Å²) in [6.45, 7) is 4.60. The first-order valence-electron chi connectivity index (χ1n) is 10.0. The summed E-state index contributed by atoms with van der Waals surface area (Å²) >= 11 is 0. The van der Waals surface area contributed by atoms with E-state index in [9.17, 15) is 24.0 Å². The number of furan rings is 1. The van der Waals surface area contributed by atoms with E-state index in [4.69, 9.17) is 13.9 Å². The van der Waals surface area contributed by atoms with Crippen molar-refractivity contribution >= 4 is 35.5 Å². The quantitative estimate of drug-likeness (QED) is 0.487. The molecule has 1 aliphatic heterocycles. The van der Waals surface area contributed by atoms with Gasteiger partial charge in [-0.05, 0) is 32.9 Å². The minimum absolute atomic E-state index is 0.0401. The topological polar surface area (TPSA) is 132 Å². The van der Waals surface area contributed by atoms with Gasteiger partial charge in [0.2, 0.25) is 11.8 Å². The first-order valence-corrected chi connectivity index (χ1v) is 10.0. The molecule has 0 saturated heterocycles. The summed E-state index contributed by atoms with van der Waals surface area (Å²) in [5.74, 6) is -3.44. The molecule has 0 aliphatic carbocycles. The molecular weight excluding hydrogens is 420 g/mol. The molecule has 0 unspecified atom stereocenters. The Morgan fingerprint density at radius 2 is 1.47 bits per heavy atom. The Hall–Kier alpha value is -3.95. The molecule has 10 nitrogen and oxygen atoms in total. The van der Waals surface area contributed by atoms with E-state index in [0.717, 1.165) is 4.90 Å². The molecule has 10 heteroatoms. The van der Waals surface area contributed by atoms with Gasteiger partial charge in [0.05, 0.1) is 24.3 Å². The molecule has 0 fully saturated rings. The van der Waals surface area contributed by atoms with E-state index in [2.05, 4.69) is 5.32 Å². The third kappa shape index (κ3) is 4.25. The second-order valence-corrected chi connectivity index (χ2v) is 6.78. The molecule has 1 aromatic heterocycles. The fourth-order valence-electron chi connectivity index (χ4n) is 3.32. The first kappa shape index (κ1) is 22.7. The minimum atomic E-state index is -0.858. The number of rotatable bonds is 8. The predicted octanol–water partition coefficient (Wildman–Crippen LogP) is 2.57. The number of fused-ring (bicyclic) bond motifs is 1. The molecule has 0 saturated carbocycles. The first-order chi connectivity index (χ1) is 15.3. The molecule has 1 aliphatic rings. The summed E-state index contributed by atoms with van der Waals surface area (Å²) in [6.07, 6.45) is -0.248. The Kier molecular flexibility index (Phi) is 6.72. The maximum atomic E-state index is 12.5. The normalized spacial score (nSPS) is 12.5. The number of carbonyl (C=O) groups is 5. The number of esters is 2. The number of benzene rings is 1. The number of carbonyl (C=O) groups excluding carboxylic acids is 5. The van der Waals surface area contributed by atoms with Crippen LogP contribution in [0, 0.1) is 6.92 Å². The fraction of sp³-hybridized carbons (Fsp3) is 0.318. The minimum Gasteiger partial charge on any atom is -0.462 e. The SMILES string of the molecule is CCOC(=O)c1c(C)oc(NC(=O)CCN2C(=O)c3ccccc3C2=O)c1C(=O)OCC.